The van der Waals surface area contributed by atoms with E-state index in [-0.39, 0.29) is 40.5 Å². The largest absolute Gasteiger partial charge is 0.493 e. The van der Waals surface area contributed by atoms with Gasteiger partial charge in [-0.25, -0.2) is 13.4 Å². The predicted octanol–water partition coefficient (Wildman–Crippen LogP) is 5.19. The number of carbonyl (C=O) groups excluding carboxylic acids is 2. The minimum Gasteiger partial charge on any atom is -0.493 e. The van der Waals surface area contributed by atoms with Crippen molar-refractivity contribution in [1.82, 2.24) is 9.97 Å². The van der Waals surface area contributed by atoms with E-state index in [0.717, 1.165) is 38.1 Å². The summed E-state index contributed by atoms with van der Waals surface area (Å²) < 4.78 is 73.4. The lowest BCUT2D eigenvalue weighted by molar-refractivity contribution is -0.191. The van der Waals surface area contributed by atoms with E-state index in [4.69, 9.17) is 14.3 Å². The van der Waals surface area contributed by atoms with Gasteiger partial charge in [0.1, 0.15) is 11.6 Å². The van der Waals surface area contributed by atoms with Crippen LogP contribution in [0.4, 0.5) is 19.0 Å². The van der Waals surface area contributed by atoms with Crippen LogP contribution in [0.3, 0.4) is 0 Å². The quantitative estimate of drug-likeness (QED) is 0.387. The molecule has 0 amide bonds. The van der Waals surface area contributed by atoms with Crippen LogP contribution in [-0.4, -0.2) is 44.2 Å². The first-order chi connectivity index (χ1) is 18.5. The van der Waals surface area contributed by atoms with Gasteiger partial charge >= 0.3 is 12.3 Å². The second kappa shape index (κ2) is 12.9. The number of rotatable bonds is 7. The van der Waals surface area contributed by atoms with E-state index < -0.39 is 27.3 Å². The number of alkyl halides is 3. The van der Waals surface area contributed by atoms with Gasteiger partial charge in [-0.05, 0) is 62.1 Å². The van der Waals surface area contributed by atoms with Crippen molar-refractivity contribution in [2.75, 3.05) is 24.6 Å². The van der Waals surface area contributed by atoms with Crippen LogP contribution in [0.1, 0.15) is 37.9 Å². The van der Waals surface area contributed by atoms with Crippen LogP contribution in [-0.2, 0) is 31.4 Å². The molecule has 39 heavy (non-hydrogen) atoms. The third kappa shape index (κ3) is 7.64. The van der Waals surface area contributed by atoms with E-state index in [1.807, 2.05) is 0 Å². The van der Waals surface area contributed by atoms with Crippen molar-refractivity contribution in [3.63, 3.8) is 0 Å². The molecule has 1 aromatic carbocycles. The molecule has 3 aromatic rings. The lowest BCUT2D eigenvalue weighted by Crippen LogP contribution is -2.35. The van der Waals surface area contributed by atoms with Crippen LogP contribution in [0.5, 0.6) is 5.75 Å². The Morgan fingerprint density at radius 3 is 2.44 bits per heavy atom. The molecule has 0 radical (unpaired) electrons. The van der Waals surface area contributed by atoms with Crippen LogP contribution in [0, 0.1) is 5.92 Å². The monoisotopic (exact) mass is 563 g/mol. The average Bonchev–Trinajstić information content (AvgIpc) is 2.89. The molecule has 0 N–H and O–H groups in total. The first kappa shape index (κ1) is 29.8. The van der Waals surface area contributed by atoms with Gasteiger partial charge in [0.15, 0.2) is 5.03 Å². The summed E-state index contributed by atoms with van der Waals surface area (Å²) in [4.78, 5) is 26.9. The van der Waals surface area contributed by atoms with Gasteiger partial charge in [-0.15, -0.1) is 0 Å². The average molecular weight is 564 g/mol. The SMILES string of the molecule is CCOc1ccccc1-c1nc(CS(=O)(=O)c2cccc(N3CCC[C@H](C)C3)n2)ccc1C(F)(F)F.O=C=O. The fourth-order valence-electron chi connectivity index (χ4n) is 4.38. The van der Waals surface area contributed by atoms with Gasteiger partial charge in [0.25, 0.3) is 0 Å². The zero-order valence-corrected chi connectivity index (χ0v) is 22.3. The number of sulfone groups is 1. The summed E-state index contributed by atoms with van der Waals surface area (Å²) in [5.74, 6) is 0.717. The summed E-state index contributed by atoms with van der Waals surface area (Å²) in [5, 5.41) is -0.129. The Bertz CT molecular complexity index is 1420. The van der Waals surface area contributed by atoms with Crippen LogP contribution in [0.15, 0.2) is 59.6 Å². The van der Waals surface area contributed by atoms with Crippen molar-refractivity contribution in [2.24, 2.45) is 5.92 Å². The minimum absolute atomic E-state index is 0.0110. The number of pyridine rings is 2. The van der Waals surface area contributed by atoms with E-state index in [9.17, 15) is 21.6 Å². The lowest BCUT2D eigenvalue weighted by Gasteiger charge is -2.32. The van der Waals surface area contributed by atoms with Crippen LogP contribution < -0.4 is 9.64 Å². The number of benzene rings is 1. The molecular weight excluding hydrogens is 535 g/mol. The molecule has 1 atom stereocenters. The normalized spacial score (nSPS) is 15.6. The number of aromatic nitrogens is 2. The maximum absolute atomic E-state index is 13.8. The molecule has 8 nitrogen and oxygen atoms in total. The number of piperidine rings is 1. The van der Waals surface area contributed by atoms with E-state index in [0.29, 0.717) is 11.7 Å². The van der Waals surface area contributed by atoms with E-state index in [1.165, 1.54) is 12.1 Å². The second-order valence-electron chi connectivity index (χ2n) is 9.00. The van der Waals surface area contributed by atoms with Gasteiger partial charge in [-0.1, -0.05) is 25.1 Å². The third-order valence-corrected chi connectivity index (χ3v) is 7.59. The number of hydrogen-bond acceptors (Lipinski definition) is 8. The highest BCUT2D eigenvalue weighted by Gasteiger charge is 2.36. The van der Waals surface area contributed by atoms with E-state index in [1.54, 1.807) is 37.3 Å². The first-order valence-corrected chi connectivity index (χ1v) is 13.9. The van der Waals surface area contributed by atoms with Gasteiger partial charge in [0.2, 0.25) is 9.84 Å². The van der Waals surface area contributed by atoms with Gasteiger partial charge in [-0.3, -0.25) is 4.98 Å². The molecule has 12 heteroatoms. The van der Waals surface area contributed by atoms with Gasteiger partial charge in [-0.2, -0.15) is 22.8 Å². The fraction of sp³-hybridized carbons (Fsp3) is 0.370. The number of halogens is 3. The summed E-state index contributed by atoms with van der Waals surface area (Å²) in [6.45, 7) is 5.71. The molecule has 1 aliphatic rings. The molecule has 0 aliphatic carbocycles. The summed E-state index contributed by atoms with van der Waals surface area (Å²) in [6.07, 6.45) is -2.31. The van der Waals surface area contributed by atoms with Gasteiger partial charge in [0, 0.05) is 18.7 Å². The van der Waals surface area contributed by atoms with Gasteiger partial charge < -0.3 is 9.64 Å². The van der Waals surface area contributed by atoms with Crippen molar-refractivity contribution in [2.45, 2.75) is 43.6 Å². The van der Waals surface area contributed by atoms with Crippen molar-refractivity contribution < 1.29 is 35.9 Å². The highest BCUT2D eigenvalue weighted by molar-refractivity contribution is 7.90. The summed E-state index contributed by atoms with van der Waals surface area (Å²) in [5.41, 5.74) is -1.20. The lowest BCUT2D eigenvalue weighted by atomic mass is 10.0. The Labute approximate surface area is 224 Å². The van der Waals surface area contributed by atoms with E-state index in [2.05, 4.69) is 21.8 Å². The molecule has 0 bridgehead atoms. The van der Waals surface area contributed by atoms with Crippen molar-refractivity contribution in [1.29, 1.82) is 0 Å². The van der Waals surface area contributed by atoms with Crippen molar-refractivity contribution in [3.8, 4) is 17.0 Å². The zero-order valence-electron chi connectivity index (χ0n) is 21.4. The molecule has 3 heterocycles. The highest BCUT2D eigenvalue weighted by Crippen LogP contribution is 2.39. The molecule has 4 rings (SSSR count). The third-order valence-electron chi connectivity index (χ3n) is 6.05. The van der Waals surface area contributed by atoms with E-state index >= 15 is 0 Å². The first-order valence-electron chi connectivity index (χ1n) is 12.2. The molecule has 0 unspecified atom stereocenters. The number of anilines is 1. The van der Waals surface area contributed by atoms with Crippen LogP contribution in [0.25, 0.3) is 11.3 Å². The maximum atomic E-state index is 13.8. The molecule has 1 fully saturated rings. The molecular formula is C27H28F3N3O5S. The zero-order chi connectivity index (χ0) is 28.6. The Morgan fingerprint density at radius 2 is 1.77 bits per heavy atom. The number of hydrogen-bond donors (Lipinski definition) is 0. The predicted molar refractivity (Wildman–Crippen MR) is 137 cm³/mol. The van der Waals surface area contributed by atoms with Gasteiger partial charge in [0.05, 0.1) is 29.3 Å². The fourth-order valence-corrected chi connectivity index (χ4v) is 5.59. The Hall–Kier alpha value is -3.76. The van der Waals surface area contributed by atoms with Crippen LogP contribution >= 0.6 is 0 Å². The summed E-state index contributed by atoms with van der Waals surface area (Å²) >= 11 is 0. The smallest absolute Gasteiger partial charge is 0.418 e. The maximum Gasteiger partial charge on any atom is 0.418 e. The highest BCUT2D eigenvalue weighted by atomic mass is 32.2. The number of nitrogens with zero attached hydrogens (tertiary/aromatic N) is 3. The molecule has 1 aliphatic heterocycles. The molecule has 0 saturated carbocycles. The Morgan fingerprint density at radius 1 is 1.05 bits per heavy atom. The number of para-hydroxylation sites is 1. The summed E-state index contributed by atoms with van der Waals surface area (Å²) in [6, 6.07) is 13.1. The second-order valence-corrected chi connectivity index (χ2v) is 10.9. The van der Waals surface area contributed by atoms with Crippen molar-refractivity contribution >= 4 is 21.8 Å². The molecule has 1 saturated heterocycles. The molecule has 208 valence electrons. The standard InChI is InChI=1S/C26H28F3N3O3S.CO2/c1-3-35-22-10-5-4-9-20(22)25-21(26(27,28)29)14-13-19(30-25)17-36(33,34)24-12-6-11-23(31-24)32-15-7-8-18(2)16-32;2-1-3/h4-6,9-14,18H,3,7-8,15-17H2,1-2H3;/t18-;/m0./s1. The van der Waals surface area contributed by atoms with Crippen molar-refractivity contribution in [3.05, 3.63) is 65.9 Å². The summed E-state index contributed by atoms with van der Waals surface area (Å²) in [7, 11) is -3.97. The molecule has 2 aromatic heterocycles. The Kier molecular flexibility index (Phi) is 9.82. The van der Waals surface area contributed by atoms with Crippen LogP contribution in [0.2, 0.25) is 0 Å². The minimum atomic E-state index is -4.68. The Balaban J connectivity index is 0.00000134. The molecule has 0 spiro atoms. The number of ether oxygens (including phenoxy) is 1. The topological polar surface area (TPSA) is 107 Å².